The fourth-order valence-corrected chi connectivity index (χ4v) is 5.80. The van der Waals surface area contributed by atoms with Gasteiger partial charge in [0, 0.05) is 19.0 Å². The number of nitrogens with one attached hydrogen (secondary N) is 1. The van der Waals surface area contributed by atoms with Crippen molar-refractivity contribution in [3.8, 4) is 0 Å². The van der Waals surface area contributed by atoms with E-state index in [-0.39, 0.29) is 23.7 Å². The Morgan fingerprint density at radius 2 is 2.05 bits per heavy atom. The van der Waals surface area contributed by atoms with Gasteiger partial charge in [-0.2, -0.15) is 0 Å². The molecule has 0 spiro atoms. The maximum absolute atomic E-state index is 12.5. The SMILES string of the molecule is O=S(=O)(CC1CCCNC1)N1CC2CCC(O)C2C1. The largest absolute Gasteiger partial charge is 0.393 e. The van der Waals surface area contributed by atoms with Crippen LogP contribution in [-0.4, -0.2) is 55.9 Å². The standard InChI is InChI=1S/C13H24N2O3S/c16-13-4-3-11-7-15(8-12(11)13)19(17,18)9-10-2-1-5-14-6-10/h10-14,16H,1-9H2. The summed E-state index contributed by atoms with van der Waals surface area (Å²) in [6, 6.07) is 0. The fraction of sp³-hybridized carbons (Fsp3) is 1.00. The van der Waals surface area contributed by atoms with E-state index < -0.39 is 10.0 Å². The predicted octanol–water partition coefficient (Wildman–Crippen LogP) is 0.0185. The molecular weight excluding hydrogens is 264 g/mol. The van der Waals surface area contributed by atoms with E-state index in [9.17, 15) is 13.5 Å². The summed E-state index contributed by atoms with van der Waals surface area (Å²) in [4.78, 5) is 0. The third-order valence-electron chi connectivity index (χ3n) is 5.02. The van der Waals surface area contributed by atoms with E-state index in [1.54, 1.807) is 4.31 Å². The number of fused-ring (bicyclic) bond motifs is 1. The zero-order valence-electron chi connectivity index (χ0n) is 11.3. The first-order chi connectivity index (χ1) is 9.06. The summed E-state index contributed by atoms with van der Waals surface area (Å²) in [5.41, 5.74) is 0. The lowest BCUT2D eigenvalue weighted by atomic mass is 10.00. The van der Waals surface area contributed by atoms with Crippen LogP contribution in [0.2, 0.25) is 0 Å². The lowest BCUT2D eigenvalue weighted by Crippen LogP contribution is -2.39. The molecular formula is C13H24N2O3S. The van der Waals surface area contributed by atoms with Crippen molar-refractivity contribution in [1.29, 1.82) is 0 Å². The molecule has 2 N–H and O–H groups in total. The van der Waals surface area contributed by atoms with Crippen molar-refractivity contribution < 1.29 is 13.5 Å². The molecule has 110 valence electrons. The van der Waals surface area contributed by atoms with E-state index in [4.69, 9.17) is 0 Å². The van der Waals surface area contributed by atoms with Gasteiger partial charge in [-0.15, -0.1) is 0 Å². The van der Waals surface area contributed by atoms with Crippen LogP contribution in [-0.2, 0) is 10.0 Å². The summed E-state index contributed by atoms with van der Waals surface area (Å²) in [6.45, 7) is 3.00. The summed E-state index contributed by atoms with van der Waals surface area (Å²) < 4.78 is 26.5. The smallest absolute Gasteiger partial charge is 0.214 e. The van der Waals surface area contributed by atoms with Crippen LogP contribution in [0, 0.1) is 17.8 Å². The molecule has 2 aliphatic heterocycles. The van der Waals surface area contributed by atoms with Gasteiger partial charge >= 0.3 is 0 Å². The van der Waals surface area contributed by atoms with Crippen molar-refractivity contribution in [2.45, 2.75) is 31.8 Å². The molecule has 1 aliphatic carbocycles. The van der Waals surface area contributed by atoms with Crippen molar-refractivity contribution in [1.82, 2.24) is 9.62 Å². The van der Waals surface area contributed by atoms with Crippen molar-refractivity contribution in [3.05, 3.63) is 0 Å². The molecule has 3 rings (SSSR count). The molecule has 3 aliphatic rings. The van der Waals surface area contributed by atoms with Crippen molar-refractivity contribution in [2.75, 3.05) is 31.9 Å². The van der Waals surface area contributed by atoms with Crippen LogP contribution in [0.5, 0.6) is 0 Å². The van der Waals surface area contributed by atoms with Crippen LogP contribution in [0.1, 0.15) is 25.7 Å². The zero-order valence-corrected chi connectivity index (χ0v) is 12.1. The molecule has 19 heavy (non-hydrogen) atoms. The van der Waals surface area contributed by atoms with Gasteiger partial charge in [0.1, 0.15) is 0 Å². The molecule has 3 fully saturated rings. The first-order valence-electron chi connectivity index (χ1n) is 7.43. The second kappa shape index (κ2) is 5.31. The minimum Gasteiger partial charge on any atom is -0.393 e. The van der Waals surface area contributed by atoms with E-state index >= 15 is 0 Å². The quantitative estimate of drug-likeness (QED) is 0.768. The maximum atomic E-state index is 12.5. The highest BCUT2D eigenvalue weighted by atomic mass is 32.2. The minimum atomic E-state index is -3.14. The highest BCUT2D eigenvalue weighted by Crippen LogP contribution is 2.39. The molecule has 4 unspecified atom stereocenters. The molecule has 5 nitrogen and oxygen atoms in total. The Bertz CT molecular complexity index is 420. The Morgan fingerprint density at radius 1 is 1.21 bits per heavy atom. The summed E-state index contributed by atoms with van der Waals surface area (Å²) >= 11 is 0. The number of piperidine rings is 1. The number of hydrogen-bond acceptors (Lipinski definition) is 4. The third-order valence-corrected chi connectivity index (χ3v) is 7.00. The van der Waals surface area contributed by atoms with Gasteiger partial charge in [0.15, 0.2) is 0 Å². The molecule has 2 saturated heterocycles. The van der Waals surface area contributed by atoms with Crippen LogP contribution in [0.15, 0.2) is 0 Å². The Labute approximate surface area is 115 Å². The Balaban J connectivity index is 1.61. The maximum Gasteiger partial charge on any atom is 0.214 e. The molecule has 0 radical (unpaired) electrons. The van der Waals surface area contributed by atoms with E-state index in [1.807, 2.05) is 0 Å². The van der Waals surface area contributed by atoms with E-state index in [2.05, 4.69) is 5.32 Å². The van der Waals surface area contributed by atoms with Crippen LogP contribution in [0.3, 0.4) is 0 Å². The van der Waals surface area contributed by atoms with Crippen molar-refractivity contribution in [2.24, 2.45) is 17.8 Å². The predicted molar refractivity (Wildman–Crippen MR) is 73.2 cm³/mol. The average Bonchev–Trinajstić information content (AvgIpc) is 2.93. The second-order valence-electron chi connectivity index (χ2n) is 6.38. The van der Waals surface area contributed by atoms with Crippen molar-refractivity contribution >= 4 is 10.0 Å². The summed E-state index contributed by atoms with van der Waals surface area (Å²) in [6.07, 6.45) is 3.61. The van der Waals surface area contributed by atoms with E-state index in [1.165, 1.54) is 0 Å². The summed E-state index contributed by atoms with van der Waals surface area (Å²) in [7, 11) is -3.14. The molecule has 2 heterocycles. The molecule has 0 aromatic heterocycles. The monoisotopic (exact) mass is 288 g/mol. The Morgan fingerprint density at radius 3 is 2.74 bits per heavy atom. The summed E-state index contributed by atoms with van der Waals surface area (Å²) in [5.74, 6) is 1.09. The molecule has 0 bridgehead atoms. The lowest BCUT2D eigenvalue weighted by molar-refractivity contribution is 0.129. The van der Waals surface area contributed by atoms with Gasteiger partial charge in [0.2, 0.25) is 10.0 Å². The molecule has 4 atom stereocenters. The summed E-state index contributed by atoms with van der Waals surface area (Å²) in [5, 5.41) is 13.1. The molecule has 0 aromatic rings. The topological polar surface area (TPSA) is 69.6 Å². The van der Waals surface area contributed by atoms with Gasteiger partial charge in [-0.3, -0.25) is 0 Å². The van der Waals surface area contributed by atoms with E-state index in [0.29, 0.717) is 19.0 Å². The van der Waals surface area contributed by atoms with Gasteiger partial charge in [-0.1, -0.05) is 0 Å². The molecule has 1 saturated carbocycles. The number of hydrogen-bond donors (Lipinski definition) is 2. The number of rotatable bonds is 3. The minimum absolute atomic E-state index is 0.180. The molecule has 0 amide bonds. The van der Waals surface area contributed by atoms with Crippen LogP contribution in [0.25, 0.3) is 0 Å². The lowest BCUT2D eigenvalue weighted by Gasteiger charge is -2.25. The fourth-order valence-electron chi connectivity index (χ4n) is 3.89. The van der Waals surface area contributed by atoms with Gasteiger partial charge in [-0.25, -0.2) is 12.7 Å². The van der Waals surface area contributed by atoms with Gasteiger partial charge in [0.05, 0.1) is 11.9 Å². The van der Waals surface area contributed by atoms with Crippen LogP contribution < -0.4 is 5.32 Å². The highest BCUT2D eigenvalue weighted by molar-refractivity contribution is 7.89. The number of aliphatic hydroxyl groups is 1. The Hall–Kier alpha value is -0.170. The molecule has 6 heteroatoms. The molecule has 0 aromatic carbocycles. The number of sulfonamides is 1. The van der Waals surface area contributed by atoms with Gasteiger partial charge in [-0.05, 0) is 50.6 Å². The van der Waals surface area contributed by atoms with Gasteiger partial charge < -0.3 is 10.4 Å². The highest BCUT2D eigenvalue weighted by Gasteiger charge is 2.45. The average molecular weight is 288 g/mol. The van der Waals surface area contributed by atoms with Gasteiger partial charge in [0.25, 0.3) is 0 Å². The van der Waals surface area contributed by atoms with Crippen LogP contribution >= 0.6 is 0 Å². The van der Waals surface area contributed by atoms with Crippen molar-refractivity contribution in [3.63, 3.8) is 0 Å². The number of nitrogens with zero attached hydrogens (tertiary/aromatic N) is 1. The first kappa shape index (κ1) is 13.8. The van der Waals surface area contributed by atoms with E-state index in [0.717, 1.165) is 38.8 Å². The zero-order chi connectivity index (χ0) is 13.5. The van der Waals surface area contributed by atoms with Crippen LogP contribution in [0.4, 0.5) is 0 Å². The normalized spacial score (nSPS) is 40.5. The Kier molecular flexibility index (Phi) is 3.86. The second-order valence-corrected chi connectivity index (χ2v) is 8.39. The number of aliphatic hydroxyl groups excluding tert-OH is 1. The first-order valence-corrected chi connectivity index (χ1v) is 9.04. The third kappa shape index (κ3) is 2.82.